The number of carbonyl (C=O) groups is 1. The van der Waals surface area contributed by atoms with Crippen LogP contribution in [0.25, 0.3) is 0 Å². The number of halogens is 1. The summed E-state index contributed by atoms with van der Waals surface area (Å²) < 4.78 is 18.8. The monoisotopic (exact) mass is 294 g/mol. The van der Waals surface area contributed by atoms with E-state index in [1.807, 2.05) is 0 Å². The van der Waals surface area contributed by atoms with Crippen molar-refractivity contribution in [3.63, 3.8) is 0 Å². The zero-order valence-electron chi connectivity index (χ0n) is 13.3. The summed E-state index contributed by atoms with van der Waals surface area (Å²) in [6.07, 6.45) is 9.81. The summed E-state index contributed by atoms with van der Waals surface area (Å²) in [6, 6.07) is 4.07. The van der Waals surface area contributed by atoms with E-state index >= 15 is 0 Å². The van der Waals surface area contributed by atoms with Gasteiger partial charge in [0.15, 0.2) is 5.78 Å². The number of ketones is 1. The minimum absolute atomic E-state index is 0.0964. The zero-order chi connectivity index (χ0) is 15.5. The standard InChI is InChI=1S/C18H27FO2/c1-3-4-5-6-7-8-9-10-13-21-18-14-16(19)11-12-17(18)15(2)20/h11-12,14H,3-10,13H2,1-2H3. The molecule has 0 aromatic heterocycles. The first-order valence-corrected chi connectivity index (χ1v) is 8.08. The number of rotatable bonds is 11. The van der Waals surface area contributed by atoms with Crippen LogP contribution in [0.3, 0.4) is 0 Å². The van der Waals surface area contributed by atoms with Crippen LogP contribution in [-0.4, -0.2) is 12.4 Å². The summed E-state index contributed by atoms with van der Waals surface area (Å²) in [5.41, 5.74) is 0.455. The van der Waals surface area contributed by atoms with E-state index in [1.165, 1.54) is 63.6 Å². The Morgan fingerprint density at radius 2 is 1.67 bits per heavy atom. The molecule has 0 bridgehead atoms. The van der Waals surface area contributed by atoms with Crippen molar-refractivity contribution in [3.05, 3.63) is 29.6 Å². The van der Waals surface area contributed by atoms with Crippen molar-refractivity contribution in [1.82, 2.24) is 0 Å². The number of Topliss-reactive ketones (excluding diaryl/α,β-unsaturated/α-hetero) is 1. The lowest BCUT2D eigenvalue weighted by molar-refractivity contribution is 0.101. The number of carbonyl (C=O) groups excluding carboxylic acids is 1. The second-order valence-electron chi connectivity index (χ2n) is 5.52. The second-order valence-corrected chi connectivity index (χ2v) is 5.52. The van der Waals surface area contributed by atoms with Crippen LogP contribution in [0.5, 0.6) is 5.75 Å². The molecule has 0 aliphatic heterocycles. The van der Waals surface area contributed by atoms with Crippen LogP contribution in [0.15, 0.2) is 18.2 Å². The van der Waals surface area contributed by atoms with Crippen molar-refractivity contribution < 1.29 is 13.9 Å². The number of ether oxygens (including phenoxy) is 1. The Balaban J connectivity index is 2.21. The molecular formula is C18H27FO2. The van der Waals surface area contributed by atoms with E-state index in [-0.39, 0.29) is 11.6 Å². The van der Waals surface area contributed by atoms with Crippen LogP contribution in [0.2, 0.25) is 0 Å². The Morgan fingerprint density at radius 3 is 2.29 bits per heavy atom. The van der Waals surface area contributed by atoms with E-state index in [2.05, 4.69) is 6.92 Å². The quantitative estimate of drug-likeness (QED) is 0.395. The van der Waals surface area contributed by atoms with Crippen molar-refractivity contribution in [2.24, 2.45) is 0 Å². The number of hydrogen-bond donors (Lipinski definition) is 0. The summed E-state index contributed by atoms with van der Waals surface area (Å²) >= 11 is 0. The molecule has 21 heavy (non-hydrogen) atoms. The van der Waals surface area contributed by atoms with Gasteiger partial charge in [-0.25, -0.2) is 4.39 Å². The fraction of sp³-hybridized carbons (Fsp3) is 0.611. The Bertz CT molecular complexity index is 429. The summed E-state index contributed by atoms with van der Waals surface area (Å²) in [5.74, 6) is -0.0997. The average Bonchev–Trinajstić information content (AvgIpc) is 2.45. The Kier molecular flexibility index (Phi) is 8.72. The van der Waals surface area contributed by atoms with Crippen LogP contribution in [-0.2, 0) is 0 Å². The van der Waals surface area contributed by atoms with Crippen LogP contribution in [0, 0.1) is 5.82 Å². The molecule has 0 saturated carbocycles. The molecule has 0 amide bonds. The van der Waals surface area contributed by atoms with Crippen molar-refractivity contribution in [2.75, 3.05) is 6.61 Å². The first kappa shape index (κ1) is 17.7. The first-order chi connectivity index (χ1) is 10.1. The van der Waals surface area contributed by atoms with E-state index in [4.69, 9.17) is 4.74 Å². The molecule has 0 aliphatic rings. The molecule has 0 atom stereocenters. The molecular weight excluding hydrogens is 267 g/mol. The van der Waals surface area contributed by atoms with Crippen molar-refractivity contribution >= 4 is 5.78 Å². The van der Waals surface area contributed by atoms with Gasteiger partial charge in [0.1, 0.15) is 11.6 Å². The van der Waals surface area contributed by atoms with Gasteiger partial charge < -0.3 is 4.74 Å². The van der Waals surface area contributed by atoms with E-state index in [0.717, 1.165) is 12.8 Å². The lowest BCUT2D eigenvalue weighted by Gasteiger charge is -2.10. The topological polar surface area (TPSA) is 26.3 Å². The van der Waals surface area contributed by atoms with E-state index < -0.39 is 0 Å². The molecule has 0 saturated heterocycles. The molecule has 1 aromatic carbocycles. The third kappa shape index (κ3) is 7.26. The Hall–Kier alpha value is -1.38. The third-order valence-corrected chi connectivity index (χ3v) is 3.58. The van der Waals surface area contributed by atoms with Gasteiger partial charge in [-0.1, -0.05) is 51.9 Å². The maximum Gasteiger partial charge on any atom is 0.163 e. The molecule has 1 aromatic rings. The van der Waals surface area contributed by atoms with Crippen LogP contribution >= 0.6 is 0 Å². The lowest BCUT2D eigenvalue weighted by atomic mass is 10.1. The van der Waals surface area contributed by atoms with Gasteiger partial charge in [0.05, 0.1) is 12.2 Å². The SMILES string of the molecule is CCCCCCCCCCOc1cc(F)ccc1C(C)=O. The van der Waals surface area contributed by atoms with Crippen molar-refractivity contribution in [3.8, 4) is 5.75 Å². The van der Waals surface area contributed by atoms with Gasteiger partial charge >= 0.3 is 0 Å². The summed E-state index contributed by atoms with van der Waals surface area (Å²) in [5, 5.41) is 0. The summed E-state index contributed by atoms with van der Waals surface area (Å²) in [4.78, 5) is 11.4. The summed E-state index contributed by atoms with van der Waals surface area (Å²) in [7, 11) is 0. The highest BCUT2D eigenvalue weighted by molar-refractivity contribution is 5.96. The molecule has 3 heteroatoms. The Labute approximate surface area is 127 Å². The highest BCUT2D eigenvalue weighted by Crippen LogP contribution is 2.21. The fourth-order valence-electron chi connectivity index (χ4n) is 2.32. The first-order valence-electron chi connectivity index (χ1n) is 8.08. The molecule has 0 aliphatic carbocycles. The van der Waals surface area contributed by atoms with Gasteiger partial charge in [0, 0.05) is 6.07 Å². The number of benzene rings is 1. The van der Waals surface area contributed by atoms with Crippen LogP contribution < -0.4 is 4.74 Å². The van der Waals surface area contributed by atoms with E-state index in [9.17, 15) is 9.18 Å². The predicted molar refractivity (Wildman–Crippen MR) is 84.5 cm³/mol. The smallest absolute Gasteiger partial charge is 0.163 e. The maximum atomic E-state index is 13.2. The zero-order valence-corrected chi connectivity index (χ0v) is 13.3. The fourth-order valence-corrected chi connectivity index (χ4v) is 2.32. The molecule has 0 unspecified atom stereocenters. The van der Waals surface area contributed by atoms with Gasteiger partial charge in [0.25, 0.3) is 0 Å². The van der Waals surface area contributed by atoms with Gasteiger partial charge in [-0.2, -0.15) is 0 Å². The van der Waals surface area contributed by atoms with Crippen molar-refractivity contribution in [1.29, 1.82) is 0 Å². The molecule has 0 radical (unpaired) electrons. The maximum absolute atomic E-state index is 13.2. The molecule has 0 heterocycles. The molecule has 0 spiro atoms. The van der Waals surface area contributed by atoms with Gasteiger partial charge in [-0.15, -0.1) is 0 Å². The number of hydrogen-bond acceptors (Lipinski definition) is 2. The minimum Gasteiger partial charge on any atom is -0.493 e. The van der Waals surface area contributed by atoms with Gasteiger partial charge in [-0.3, -0.25) is 4.79 Å². The molecule has 2 nitrogen and oxygen atoms in total. The van der Waals surface area contributed by atoms with Crippen molar-refractivity contribution in [2.45, 2.75) is 65.2 Å². The lowest BCUT2D eigenvalue weighted by Crippen LogP contribution is -2.03. The minimum atomic E-state index is -0.370. The third-order valence-electron chi connectivity index (χ3n) is 3.58. The molecule has 118 valence electrons. The average molecular weight is 294 g/mol. The second kappa shape index (κ2) is 10.4. The number of unbranched alkanes of at least 4 members (excludes halogenated alkanes) is 7. The normalized spacial score (nSPS) is 10.6. The Morgan fingerprint density at radius 1 is 1.05 bits per heavy atom. The predicted octanol–water partition coefficient (Wildman–Crippen LogP) is 5.55. The van der Waals surface area contributed by atoms with Crippen LogP contribution in [0.4, 0.5) is 4.39 Å². The highest BCUT2D eigenvalue weighted by Gasteiger charge is 2.09. The van der Waals surface area contributed by atoms with E-state index in [0.29, 0.717) is 17.9 Å². The van der Waals surface area contributed by atoms with Gasteiger partial charge in [0.2, 0.25) is 0 Å². The molecule has 1 rings (SSSR count). The highest BCUT2D eigenvalue weighted by atomic mass is 19.1. The summed E-state index contributed by atoms with van der Waals surface area (Å²) in [6.45, 7) is 4.23. The van der Waals surface area contributed by atoms with Crippen LogP contribution in [0.1, 0.15) is 75.6 Å². The molecule has 0 fully saturated rings. The van der Waals surface area contributed by atoms with E-state index in [1.54, 1.807) is 0 Å². The molecule has 0 N–H and O–H groups in total. The van der Waals surface area contributed by atoms with Gasteiger partial charge in [-0.05, 0) is 25.5 Å². The largest absolute Gasteiger partial charge is 0.493 e.